The largest absolute Gasteiger partial charge is 0.497 e. The van der Waals surface area contributed by atoms with Crippen LogP contribution in [0.2, 0.25) is 0 Å². The van der Waals surface area contributed by atoms with Gasteiger partial charge in [0.25, 0.3) is 0 Å². The van der Waals surface area contributed by atoms with Crippen molar-refractivity contribution in [2.75, 3.05) is 18.2 Å². The van der Waals surface area contributed by atoms with E-state index in [-0.39, 0.29) is 29.9 Å². The Morgan fingerprint density at radius 3 is 2.67 bits per heavy atom. The molecule has 3 rings (SSSR count). The number of carbonyl (C=O) groups excluding carboxylic acids is 2. The van der Waals surface area contributed by atoms with Gasteiger partial charge in [0.1, 0.15) is 5.75 Å². The van der Waals surface area contributed by atoms with E-state index in [0.717, 1.165) is 22.4 Å². The number of allylic oxidation sites excluding steroid dienone is 1. The van der Waals surface area contributed by atoms with Crippen LogP contribution in [0.25, 0.3) is 0 Å². The van der Waals surface area contributed by atoms with E-state index >= 15 is 0 Å². The summed E-state index contributed by atoms with van der Waals surface area (Å²) in [5.74, 6) is 0.0776. The highest BCUT2D eigenvalue weighted by Crippen LogP contribution is 2.36. The van der Waals surface area contributed by atoms with Crippen LogP contribution >= 0.6 is 11.8 Å². The third kappa shape index (κ3) is 4.84. The van der Waals surface area contributed by atoms with Crippen molar-refractivity contribution in [3.05, 3.63) is 69.8 Å². The molecule has 30 heavy (non-hydrogen) atoms. The summed E-state index contributed by atoms with van der Waals surface area (Å²) in [6.07, 6.45) is 0.188. The average molecular weight is 422 g/mol. The van der Waals surface area contributed by atoms with Gasteiger partial charge in [0.05, 0.1) is 29.5 Å². The maximum Gasteiger partial charge on any atom is 0.234 e. The lowest BCUT2D eigenvalue weighted by atomic mass is 9.87. The molecule has 7 heteroatoms. The van der Waals surface area contributed by atoms with Gasteiger partial charge in [-0.15, -0.1) is 0 Å². The van der Waals surface area contributed by atoms with Crippen molar-refractivity contribution >= 4 is 29.3 Å². The summed E-state index contributed by atoms with van der Waals surface area (Å²) in [5.41, 5.74) is 4.19. The van der Waals surface area contributed by atoms with Crippen molar-refractivity contribution in [1.82, 2.24) is 5.32 Å². The van der Waals surface area contributed by atoms with E-state index in [1.165, 1.54) is 11.8 Å². The number of nitrogens with one attached hydrogen (secondary N) is 2. The molecule has 0 saturated carbocycles. The van der Waals surface area contributed by atoms with Crippen LogP contribution < -0.4 is 15.4 Å². The number of amides is 2. The number of anilines is 1. The first-order valence-corrected chi connectivity index (χ1v) is 10.5. The number of rotatable bonds is 6. The fraction of sp³-hybridized carbons (Fsp3) is 0.261. The van der Waals surface area contributed by atoms with Crippen LogP contribution in [0.4, 0.5) is 5.69 Å². The molecule has 6 nitrogen and oxygen atoms in total. The zero-order valence-electron chi connectivity index (χ0n) is 17.1. The Labute approximate surface area is 180 Å². The maximum atomic E-state index is 12.5. The molecular weight excluding hydrogens is 398 g/mol. The molecule has 1 atom stereocenters. The summed E-state index contributed by atoms with van der Waals surface area (Å²) < 4.78 is 5.18. The standard InChI is InChI=1S/C23H23N3O3S/c1-14-5-4-6-20(15(14)2)25-22(28)13-30-23-19(12-24)18(11-21(27)26-23)16-7-9-17(29-3)10-8-16/h4-10,18H,11,13H2,1-3H3,(H,25,28)(H,26,27)/t18-/m1/s1. The van der Waals surface area contributed by atoms with Crippen LogP contribution in [0.1, 0.15) is 29.0 Å². The summed E-state index contributed by atoms with van der Waals surface area (Å²) in [4.78, 5) is 24.7. The van der Waals surface area contributed by atoms with Crippen molar-refractivity contribution in [3.63, 3.8) is 0 Å². The summed E-state index contributed by atoms with van der Waals surface area (Å²) in [5, 5.41) is 15.8. The Hall–Kier alpha value is -3.24. The molecule has 2 aromatic carbocycles. The van der Waals surface area contributed by atoms with Crippen molar-refractivity contribution < 1.29 is 14.3 Å². The third-order valence-electron chi connectivity index (χ3n) is 5.10. The van der Waals surface area contributed by atoms with Crippen molar-refractivity contribution in [1.29, 1.82) is 5.26 Å². The molecule has 0 unspecified atom stereocenters. The minimum absolute atomic E-state index is 0.0868. The molecular formula is C23H23N3O3S. The lowest BCUT2D eigenvalue weighted by Gasteiger charge is -2.25. The first-order chi connectivity index (χ1) is 14.4. The molecule has 0 aromatic heterocycles. The average Bonchev–Trinajstić information content (AvgIpc) is 2.75. The van der Waals surface area contributed by atoms with Crippen molar-refractivity contribution in [2.45, 2.75) is 26.2 Å². The highest BCUT2D eigenvalue weighted by molar-refractivity contribution is 8.03. The van der Waals surface area contributed by atoms with Gasteiger partial charge in [-0.25, -0.2) is 0 Å². The van der Waals surface area contributed by atoms with Gasteiger partial charge in [0, 0.05) is 18.0 Å². The smallest absolute Gasteiger partial charge is 0.234 e. The Balaban J connectivity index is 1.76. The minimum atomic E-state index is -0.348. The maximum absolute atomic E-state index is 12.5. The first-order valence-electron chi connectivity index (χ1n) is 9.50. The van der Waals surface area contributed by atoms with E-state index in [9.17, 15) is 14.9 Å². The summed E-state index contributed by atoms with van der Waals surface area (Å²) >= 11 is 1.17. The molecule has 1 heterocycles. The zero-order chi connectivity index (χ0) is 21.7. The molecule has 2 amide bonds. The predicted molar refractivity (Wildman–Crippen MR) is 118 cm³/mol. The van der Waals surface area contributed by atoms with E-state index < -0.39 is 0 Å². The zero-order valence-corrected chi connectivity index (χ0v) is 17.9. The molecule has 0 bridgehead atoms. The molecule has 0 spiro atoms. The van der Waals surface area contributed by atoms with Gasteiger partial charge < -0.3 is 15.4 Å². The summed E-state index contributed by atoms with van der Waals surface area (Å²) in [7, 11) is 1.59. The number of nitrogens with zero attached hydrogens (tertiary/aromatic N) is 1. The van der Waals surface area contributed by atoms with Gasteiger partial charge in [-0.1, -0.05) is 36.0 Å². The second-order valence-corrected chi connectivity index (χ2v) is 8.00. The molecule has 154 valence electrons. The highest BCUT2D eigenvalue weighted by atomic mass is 32.2. The number of hydrogen-bond donors (Lipinski definition) is 2. The van der Waals surface area contributed by atoms with E-state index in [0.29, 0.717) is 16.4 Å². The topological polar surface area (TPSA) is 91.2 Å². The van der Waals surface area contributed by atoms with Gasteiger partial charge in [0.2, 0.25) is 11.8 Å². The molecule has 0 fully saturated rings. The van der Waals surface area contributed by atoms with Gasteiger partial charge in [-0.3, -0.25) is 9.59 Å². The summed E-state index contributed by atoms with van der Waals surface area (Å²) in [6.45, 7) is 3.94. The number of methoxy groups -OCH3 is 1. The molecule has 1 aliphatic heterocycles. The second kappa shape index (κ2) is 9.51. The number of hydrogen-bond acceptors (Lipinski definition) is 5. The first kappa shape index (κ1) is 21.5. The minimum Gasteiger partial charge on any atom is -0.497 e. The number of aryl methyl sites for hydroxylation is 1. The monoisotopic (exact) mass is 421 g/mol. The van der Waals surface area contributed by atoms with Gasteiger partial charge in [-0.2, -0.15) is 5.26 Å². The SMILES string of the molecule is COc1ccc([C@H]2CC(=O)NC(SCC(=O)Nc3cccc(C)c3C)=C2C#N)cc1. The van der Waals surface area contributed by atoms with Crippen LogP contribution in [0, 0.1) is 25.2 Å². The number of benzene rings is 2. The second-order valence-electron chi connectivity index (χ2n) is 7.02. The summed E-state index contributed by atoms with van der Waals surface area (Å²) in [6, 6.07) is 15.3. The Morgan fingerprint density at radius 1 is 1.27 bits per heavy atom. The van der Waals surface area contributed by atoms with E-state index in [1.807, 2.05) is 44.2 Å². The van der Waals surface area contributed by atoms with E-state index in [2.05, 4.69) is 16.7 Å². The Morgan fingerprint density at radius 2 is 2.00 bits per heavy atom. The van der Waals surface area contributed by atoms with Crippen molar-refractivity contribution in [3.8, 4) is 11.8 Å². The lowest BCUT2D eigenvalue weighted by Crippen LogP contribution is -2.31. The fourth-order valence-electron chi connectivity index (χ4n) is 3.26. The number of nitriles is 1. The molecule has 1 aliphatic rings. The Kier molecular flexibility index (Phi) is 6.80. The molecule has 0 aliphatic carbocycles. The molecule has 2 N–H and O–H groups in total. The van der Waals surface area contributed by atoms with E-state index in [1.54, 1.807) is 19.2 Å². The Bertz CT molecular complexity index is 1040. The van der Waals surface area contributed by atoms with Crippen LogP contribution in [-0.2, 0) is 9.59 Å². The van der Waals surface area contributed by atoms with Gasteiger partial charge in [0.15, 0.2) is 0 Å². The van der Waals surface area contributed by atoms with Crippen LogP contribution in [0.5, 0.6) is 5.75 Å². The third-order valence-corrected chi connectivity index (χ3v) is 6.12. The number of thioether (sulfide) groups is 1. The van der Waals surface area contributed by atoms with Crippen LogP contribution in [-0.4, -0.2) is 24.7 Å². The van der Waals surface area contributed by atoms with Crippen LogP contribution in [0.3, 0.4) is 0 Å². The fourth-order valence-corrected chi connectivity index (χ4v) is 4.14. The van der Waals surface area contributed by atoms with Gasteiger partial charge >= 0.3 is 0 Å². The van der Waals surface area contributed by atoms with E-state index in [4.69, 9.17) is 4.74 Å². The lowest BCUT2D eigenvalue weighted by molar-refractivity contribution is -0.121. The van der Waals surface area contributed by atoms with Crippen LogP contribution in [0.15, 0.2) is 53.1 Å². The molecule has 2 aromatic rings. The van der Waals surface area contributed by atoms with Crippen molar-refractivity contribution in [2.24, 2.45) is 0 Å². The predicted octanol–water partition coefficient (Wildman–Crippen LogP) is 4.02. The number of ether oxygens (including phenoxy) is 1. The highest BCUT2D eigenvalue weighted by Gasteiger charge is 2.30. The molecule has 0 radical (unpaired) electrons. The quantitative estimate of drug-likeness (QED) is 0.735. The number of carbonyl (C=O) groups is 2. The molecule has 0 saturated heterocycles. The van der Waals surface area contributed by atoms with Gasteiger partial charge in [-0.05, 0) is 48.7 Å². The normalized spacial score (nSPS) is 15.9.